The lowest BCUT2D eigenvalue weighted by atomic mass is 10.3. The van der Waals surface area contributed by atoms with Crippen molar-refractivity contribution in [2.24, 2.45) is 0 Å². The minimum Gasteiger partial charge on any atom is -0.357 e. The van der Waals surface area contributed by atoms with Crippen molar-refractivity contribution in [1.29, 1.82) is 0 Å². The van der Waals surface area contributed by atoms with Crippen LogP contribution in [0, 0.1) is 6.92 Å². The zero-order valence-electron chi connectivity index (χ0n) is 7.47. The summed E-state index contributed by atoms with van der Waals surface area (Å²) in [5.74, 6) is -0.657. The normalized spacial score (nSPS) is 9.38. The zero-order chi connectivity index (χ0) is 9.84. The number of aromatic amines is 1. The Balaban J connectivity index is 2.59. The van der Waals surface area contributed by atoms with E-state index in [0.29, 0.717) is 5.69 Å². The predicted octanol–water partition coefficient (Wildman–Crippen LogP) is 0.104. The van der Waals surface area contributed by atoms with E-state index in [2.05, 4.69) is 15.8 Å². The van der Waals surface area contributed by atoms with Crippen LogP contribution >= 0.6 is 0 Å². The van der Waals surface area contributed by atoms with Crippen molar-refractivity contribution < 1.29 is 9.59 Å². The molecule has 0 radical (unpaired) electrons. The standard InChI is InChI=1S/C8H11N3O2/c1-5-3-4-9-7(5)8(13)11-10-6(2)12/h3-4,9H,1-2H3,(H,10,12)(H,11,13). The van der Waals surface area contributed by atoms with E-state index in [4.69, 9.17) is 0 Å². The molecule has 3 N–H and O–H groups in total. The number of rotatable bonds is 1. The van der Waals surface area contributed by atoms with E-state index >= 15 is 0 Å². The quantitative estimate of drug-likeness (QED) is 0.538. The largest absolute Gasteiger partial charge is 0.357 e. The Hall–Kier alpha value is -1.78. The minimum atomic E-state index is -0.349. The molecule has 1 aromatic rings. The van der Waals surface area contributed by atoms with Crippen LogP contribution in [-0.4, -0.2) is 16.8 Å². The third-order valence-corrected chi connectivity index (χ3v) is 1.53. The summed E-state index contributed by atoms with van der Waals surface area (Å²) in [6.45, 7) is 3.13. The van der Waals surface area contributed by atoms with Crippen LogP contribution in [0.5, 0.6) is 0 Å². The maximum atomic E-state index is 11.3. The van der Waals surface area contributed by atoms with Crippen LogP contribution < -0.4 is 10.9 Å². The van der Waals surface area contributed by atoms with Crippen LogP contribution in [0.15, 0.2) is 12.3 Å². The second kappa shape index (κ2) is 3.75. The summed E-state index contributed by atoms with van der Waals surface area (Å²) in [5, 5.41) is 0. The van der Waals surface area contributed by atoms with Gasteiger partial charge in [0.2, 0.25) is 5.91 Å². The molecule has 0 saturated heterocycles. The van der Waals surface area contributed by atoms with Gasteiger partial charge in [0.1, 0.15) is 5.69 Å². The minimum absolute atomic E-state index is 0.308. The Morgan fingerprint density at radius 1 is 1.38 bits per heavy atom. The monoisotopic (exact) mass is 181 g/mol. The number of aromatic nitrogens is 1. The molecule has 13 heavy (non-hydrogen) atoms. The molecular formula is C8H11N3O2. The number of nitrogens with one attached hydrogen (secondary N) is 3. The van der Waals surface area contributed by atoms with Gasteiger partial charge in [0.05, 0.1) is 0 Å². The molecule has 0 bridgehead atoms. The fourth-order valence-corrected chi connectivity index (χ4v) is 0.899. The average molecular weight is 181 g/mol. The summed E-state index contributed by atoms with van der Waals surface area (Å²) in [6, 6.07) is 1.78. The number of carbonyl (C=O) groups excluding carboxylic acids is 2. The number of hydrazine groups is 1. The lowest BCUT2D eigenvalue weighted by Crippen LogP contribution is -2.40. The first kappa shape index (κ1) is 9.31. The smallest absolute Gasteiger partial charge is 0.286 e. The van der Waals surface area contributed by atoms with Gasteiger partial charge in [-0.2, -0.15) is 0 Å². The van der Waals surface area contributed by atoms with Crippen LogP contribution in [0.2, 0.25) is 0 Å². The number of aryl methyl sites for hydroxylation is 1. The second-order valence-electron chi connectivity index (χ2n) is 2.67. The molecule has 70 valence electrons. The average Bonchev–Trinajstić information content (AvgIpc) is 2.47. The maximum Gasteiger partial charge on any atom is 0.286 e. The summed E-state index contributed by atoms with van der Waals surface area (Å²) in [4.78, 5) is 24.5. The van der Waals surface area contributed by atoms with E-state index in [9.17, 15) is 9.59 Å². The lowest BCUT2D eigenvalue weighted by molar-refractivity contribution is -0.119. The van der Waals surface area contributed by atoms with Crippen molar-refractivity contribution in [3.05, 3.63) is 23.5 Å². The highest BCUT2D eigenvalue weighted by molar-refractivity contribution is 5.94. The van der Waals surface area contributed by atoms with Crippen molar-refractivity contribution in [3.63, 3.8) is 0 Å². The molecule has 2 amide bonds. The molecule has 0 unspecified atom stereocenters. The van der Waals surface area contributed by atoms with Gasteiger partial charge in [0.15, 0.2) is 0 Å². The van der Waals surface area contributed by atoms with Crippen LogP contribution in [0.25, 0.3) is 0 Å². The molecular weight excluding hydrogens is 170 g/mol. The Morgan fingerprint density at radius 2 is 2.08 bits per heavy atom. The molecule has 5 heteroatoms. The van der Waals surface area contributed by atoms with E-state index in [0.717, 1.165) is 5.56 Å². The van der Waals surface area contributed by atoms with Crippen molar-refractivity contribution in [2.45, 2.75) is 13.8 Å². The fourth-order valence-electron chi connectivity index (χ4n) is 0.899. The topological polar surface area (TPSA) is 74.0 Å². The molecule has 0 aliphatic carbocycles. The summed E-state index contributed by atoms with van der Waals surface area (Å²) in [5.41, 5.74) is 5.75. The van der Waals surface area contributed by atoms with E-state index < -0.39 is 0 Å². The molecule has 1 rings (SSSR count). The lowest BCUT2D eigenvalue weighted by Gasteiger charge is -2.03. The maximum absolute atomic E-state index is 11.3. The zero-order valence-corrected chi connectivity index (χ0v) is 7.47. The predicted molar refractivity (Wildman–Crippen MR) is 46.8 cm³/mol. The van der Waals surface area contributed by atoms with Gasteiger partial charge in [0.25, 0.3) is 5.91 Å². The Morgan fingerprint density at radius 3 is 2.54 bits per heavy atom. The Kier molecular flexibility index (Phi) is 2.69. The van der Waals surface area contributed by atoms with Crippen molar-refractivity contribution in [2.75, 3.05) is 0 Å². The number of hydrogen-bond acceptors (Lipinski definition) is 2. The van der Waals surface area contributed by atoms with Crippen molar-refractivity contribution in [3.8, 4) is 0 Å². The van der Waals surface area contributed by atoms with Gasteiger partial charge in [-0.05, 0) is 18.6 Å². The van der Waals surface area contributed by atoms with Crippen molar-refractivity contribution >= 4 is 11.8 Å². The van der Waals surface area contributed by atoms with Gasteiger partial charge in [-0.15, -0.1) is 0 Å². The van der Waals surface area contributed by atoms with Gasteiger partial charge in [-0.1, -0.05) is 0 Å². The highest BCUT2D eigenvalue weighted by atomic mass is 16.2. The van der Waals surface area contributed by atoms with E-state index in [1.54, 1.807) is 19.2 Å². The number of H-pyrrole nitrogens is 1. The Labute approximate surface area is 75.5 Å². The van der Waals surface area contributed by atoms with Gasteiger partial charge >= 0.3 is 0 Å². The third-order valence-electron chi connectivity index (χ3n) is 1.53. The molecule has 0 aromatic carbocycles. The number of carbonyl (C=O) groups is 2. The SMILES string of the molecule is CC(=O)NNC(=O)c1[nH]ccc1C. The fraction of sp³-hybridized carbons (Fsp3) is 0.250. The number of hydrogen-bond donors (Lipinski definition) is 3. The summed E-state index contributed by atoms with van der Waals surface area (Å²) >= 11 is 0. The van der Waals surface area contributed by atoms with Gasteiger partial charge < -0.3 is 4.98 Å². The molecule has 5 nitrogen and oxygen atoms in total. The van der Waals surface area contributed by atoms with Crippen LogP contribution in [0.3, 0.4) is 0 Å². The molecule has 0 aliphatic rings. The van der Waals surface area contributed by atoms with Crippen molar-refractivity contribution in [1.82, 2.24) is 15.8 Å². The van der Waals surface area contributed by atoms with Crippen LogP contribution in [0.4, 0.5) is 0 Å². The Bertz CT molecular complexity index is 330. The first-order valence-electron chi connectivity index (χ1n) is 3.82. The molecule has 0 spiro atoms. The number of amides is 2. The first-order chi connectivity index (χ1) is 6.11. The summed E-state index contributed by atoms with van der Waals surface area (Å²) in [6.07, 6.45) is 1.66. The van der Waals surface area contributed by atoms with E-state index in [-0.39, 0.29) is 11.8 Å². The third kappa shape index (κ3) is 2.33. The molecule has 0 fully saturated rings. The molecule has 0 aliphatic heterocycles. The van der Waals surface area contributed by atoms with Gasteiger partial charge in [-0.3, -0.25) is 20.4 Å². The van der Waals surface area contributed by atoms with E-state index in [1.165, 1.54) is 6.92 Å². The molecule has 0 atom stereocenters. The van der Waals surface area contributed by atoms with Gasteiger partial charge in [-0.25, -0.2) is 0 Å². The second-order valence-corrected chi connectivity index (χ2v) is 2.67. The first-order valence-corrected chi connectivity index (χ1v) is 3.82. The molecule has 0 saturated carbocycles. The summed E-state index contributed by atoms with van der Waals surface area (Å²) < 4.78 is 0. The highest BCUT2D eigenvalue weighted by Gasteiger charge is 2.08. The van der Waals surface area contributed by atoms with E-state index in [1.807, 2.05) is 0 Å². The van der Waals surface area contributed by atoms with Gasteiger partial charge in [0, 0.05) is 13.1 Å². The molecule has 1 aromatic heterocycles. The summed E-state index contributed by atoms with van der Waals surface area (Å²) in [7, 11) is 0. The highest BCUT2D eigenvalue weighted by Crippen LogP contribution is 2.02. The van der Waals surface area contributed by atoms with Crippen LogP contribution in [0.1, 0.15) is 23.0 Å². The van der Waals surface area contributed by atoms with Crippen LogP contribution in [-0.2, 0) is 4.79 Å². The molecule has 1 heterocycles.